The summed E-state index contributed by atoms with van der Waals surface area (Å²) in [5.41, 5.74) is 0. The van der Waals surface area contributed by atoms with Gasteiger partial charge in [-0.05, 0) is 25.3 Å². The van der Waals surface area contributed by atoms with Crippen LogP contribution < -0.4 is 10.6 Å². The van der Waals surface area contributed by atoms with Gasteiger partial charge in [0, 0.05) is 24.3 Å². The molecule has 2 amide bonds. The topological polar surface area (TPSA) is 58.2 Å². The molecule has 5 heteroatoms. The van der Waals surface area contributed by atoms with Crippen molar-refractivity contribution in [2.75, 3.05) is 0 Å². The molecular weight excluding hydrogens is 236 g/mol. The van der Waals surface area contributed by atoms with E-state index in [2.05, 4.69) is 10.6 Å². The lowest BCUT2D eigenvalue weighted by Crippen LogP contribution is -2.47. The summed E-state index contributed by atoms with van der Waals surface area (Å²) in [6, 6.07) is 3.62. The number of amides is 2. The van der Waals surface area contributed by atoms with Crippen molar-refractivity contribution in [2.45, 2.75) is 39.3 Å². The Morgan fingerprint density at radius 3 is 2.59 bits per heavy atom. The summed E-state index contributed by atoms with van der Waals surface area (Å²) >= 11 is 1.68. The van der Waals surface area contributed by atoms with E-state index in [0.29, 0.717) is 0 Å². The number of thiophene rings is 1. The molecule has 2 atom stereocenters. The molecule has 0 aliphatic rings. The highest BCUT2D eigenvalue weighted by molar-refractivity contribution is 7.09. The Balaban J connectivity index is 2.37. The van der Waals surface area contributed by atoms with Gasteiger partial charge >= 0.3 is 0 Å². The first-order valence-corrected chi connectivity index (χ1v) is 6.47. The van der Waals surface area contributed by atoms with Crippen molar-refractivity contribution < 1.29 is 9.59 Å². The van der Waals surface area contributed by atoms with Gasteiger partial charge in [0.2, 0.25) is 11.8 Å². The van der Waals surface area contributed by atoms with E-state index in [-0.39, 0.29) is 17.9 Å². The van der Waals surface area contributed by atoms with Gasteiger partial charge in [0.15, 0.2) is 0 Å². The molecule has 1 aromatic heterocycles. The van der Waals surface area contributed by atoms with Crippen LogP contribution in [0.4, 0.5) is 0 Å². The molecular formula is C12H18N2O2S. The highest BCUT2D eigenvalue weighted by Crippen LogP contribution is 2.10. The summed E-state index contributed by atoms with van der Waals surface area (Å²) in [5, 5.41) is 7.45. The van der Waals surface area contributed by atoms with Gasteiger partial charge in [-0.3, -0.25) is 9.59 Å². The number of hydrogen-bond acceptors (Lipinski definition) is 3. The molecule has 0 radical (unpaired) electrons. The van der Waals surface area contributed by atoms with Crippen LogP contribution >= 0.6 is 11.3 Å². The lowest BCUT2D eigenvalue weighted by molar-refractivity contribution is -0.128. The summed E-state index contributed by atoms with van der Waals surface area (Å²) in [6.07, 6.45) is 0.816. The van der Waals surface area contributed by atoms with Gasteiger partial charge in [-0.25, -0.2) is 0 Å². The van der Waals surface area contributed by atoms with Crippen LogP contribution in [0.5, 0.6) is 0 Å². The number of carbonyl (C=O) groups excluding carboxylic acids is 2. The predicted octanol–water partition coefficient (Wildman–Crippen LogP) is 1.32. The summed E-state index contributed by atoms with van der Waals surface area (Å²) in [7, 11) is 0. The van der Waals surface area contributed by atoms with Crippen LogP contribution in [-0.4, -0.2) is 23.9 Å². The molecule has 0 fully saturated rings. The molecule has 0 saturated carbocycles. The van der Waals surface area contributed by atoms with Crippen LogP contribution in [0.1, 0.15) is 25.6 Å². The maximum atomic E-state index is 11.7. The zero-order valence-electron chi connectivity index (χ0n) is 10.3. The van der Waals surface area contributed by atoms with Crippen LogP contribution in [0.3, 0.4) is 0 Å². The second kappa shape index (κ2) is 6.39. The van der Waals surface area contributed by atoms with Gasteiger partial charge in [-0.1, -0.05) is 6.07 Å². The molecule has 0 aliphatic heterocycles. The van der Waals surface area contributed by atoms with Crippen LogP contribution in [0.15, 0.2) is 17.5 Å². The Kier molecular flexibility index (Phi) is 5.15. The minimum atomic E-state index is -0.488. The van der Waals surface area contributed by atoms with Crippen molar-refractivity contribution in [1.82, 2.24) is 10.6 Å². The largest absolute Gasteiger partial charge is 0.352 e. The molecule has 94 valence electrons. The fourth-order valence-corrected chi connectivity index (χ4v) is 2.36. The maximum Gasteiger partial charge on any atom is 0.242 e. The molecule has 0 aliphatic carbocycles. The van der Waals surface area contributed by atoms with E-state index in [9.17, 15) is 9.59 Å². The van der Waals surface area contributed by atoms with E-state index < -0.39 is 6.04 Å². The number of nitrogens with one attached hydrogen (secondary N) is 2. The van der Waals surface area contributed by atoms with Crippen molar-refractivity contribution in [3.05, 3.63) is 22.4 Å². The highest BCUT2D eigenvalue weighted by atomic mass is 32.1. The van der Waals surface area contributed by atoms with E-state index in [0.717, 1.165) is 6.42 Å². The predicted molar refractivity (Wildman–Crippen MR) is 68.9 cm³/mol. The Hall–Kier alpha value is -1.36. The normalized spacial score (nSPS) is 13.8. The van der Waals surface area contributed by atoms with Crippen LogP contribution in [0.25, 0.3) is 0 Å². The van der Waals surface area contributed by atoms with Gasteiger partial charge in [0.1, 0.15) is 6.04 Å². The van der Waals surface area contributed by atoms with Crippen molar-refractivity contribution in [3.8, 4) is 0 Å². The summed E-state index contributed by atoms with van der Waals surface area (Å²) in [6.45, 7) is 5.03. The minimum Gasteiger partial charge on any atom is -0.352 e. The molecule has 0 saturated heterocycles. The molecule has 1 heterocycles. The molecule has 0 aromatic carbocycles. The van der Waals surface area contributed by atoms with Crippen LogP contribution in [0, 0.1) is 0 Å². The molecule has 0 spiro atoms. The van der Waals surface area contributed by atoms with E-state index >= 15 is 0 Å². The third-order valence-corrected chi connectivity index (χ3v) is 3.19. The third-order valence-electron chi connectivity index (χ3n) is 2.29. The zero-order chi connectivity index (χ0) is 12.8. The Bertz CT molecular complexity index is 376. The fourth-order valence-electron chi connectivity index (χ4n) is 1.52. The van der Waals surface area contributed by atoms with E-state index in [4.69, 9.17) is 0 Å². The fraction of sp³-hybridized carbons (Fsp3) is 0.500. The summed E-state index contributed by atoms with van der Waals surface area (Å²) in [4.78, 5) is 23.7. The average Bonchev–Trinajstić information content (AvgIpc) is 2.68. The lowest BCUT2D eigenvalue weighted by atomic mass is 10.2. The maximum absolute atomic E-state index is 11.7. The first-order valence-electron chi connectivity index (χ1n) is 5.59. The smallest absolute Gasteiger partial charge is 0.242 e. The van der Waals surface area contributed by atoms with E-state index in [1.807, 2.05) is 24.4 Å². The second-order valence-electron chi connectivity index (χ2n) is 4.12. The standard InChI is InChI=1S/C12H18N2O2S/c1-8(7-11-5-4-6-17-11)13-12(16)9(2)14-10(3)15/h4-6,8-9H,7H2,1-3H3,(H,13,16)(H,14,15). The monoisotopic (exact) mass is 254 g/mol. The first kappa shape index (κ1) is 13.7. The Morgan fingerprint density at radius 1 is 1.35 bits per heavy atom. The molecule has 1 rings (SSSR count). The van der Waals surface area contributed by atoms with Gasteiger partial charge in [0.05, 0.1) is 0 Å². The molecule has 2 N–H and O–H groups in total. The van der Waals surface area contributed by atoms with Crippen LogP contribution in [-0.2, 0) is 16.0 Å². The number of carbonyl (C=O) groups is 2. The van der Waals surface area contributed by atoms with Crippen LogP contribution in [0.2, 0.25) is 0 Å². The van der Waals surface area contributed by atoms with Gasteiger partial charge in [-0.2, -0.15) is 0 Å². The van der Waals surface area contributed by atoms with Crippen molar-refractivity contribution in [1.29, 1.82) is 0 Å². The second-order valence-corrected chi connectivity index (χ2v) is 5.15. The summed E-state index contributed by atoms with van der Waals surface area (Å²) in [5.74, 6) is -0.345. The van der Waals surface area contributed by atoms with Gasteiger partial charge < -0.3 is 10.6 Å². The lowest BCUT2D eigenvalue weighted by Gasteiger charge is -2.17. The Morgan fingerprint density at radius 2 is 2.06 bits per heavy atom. The molecule has 0 bridgehead atoms. The average molecular weight is 254 g/mol. The zero-order valence-corrected chi connectivity index (χ0v) is 11.1. The van der Waals surface area contributed by atoms with E-state index in [1.165, 1.54) is 11.8 Å². The highest BCUT2D eigenvalue weighted by Gasteiger charge is 2.15. The van der Waals surface area contributed by atoms with Crippen molar-refractivity contribution >= 4 is 23.2 Å². The SMILES string of the molecule is CC(=O)NC(C)C(=O)NC(C)Cc1cccs1. The van der Waals surface area contributed by atoms with E-state index in [1.54, 1.807) is 18.3 Å². The molecule has 17 heavy (non-hydrogen) atoms. The molecule has 2 unspecified atom stereocenters. The molecule has 1 aromatic rings. The van der Waals surface area contributed by atoms with Gasteiger partial charge in [0.25, 0.3) is 0 Å². The Labute approximate surface area is 105 Å². The quantitative estimate of drug-likeness (QED) is 0.832. The minimum absolute atomic E-state index is 0.0670. The third kappa shape index (κ3) is 4.99. The van der Waals surface area contributed by atoms with Crippen molar-refractivity contribution in [2.24, 2.45) is 0 Å². The summed E-state index contributed by atoms with van der Waals surface area (Å²) < 4.78 is 0. The first-order chi connectivity index (χ1) is 7.99. The van der Waals surface area contributed by atoms with Crippen molar-refractivity contribution in [3.63, 3.8) is 0 Å². The molecule has 4 nitrogen and oxygen atoms in total. The number of rotatable bonds is 5. The van der Waals surface area contributed by atoms with Gasteiger partial charge in [-0.15, -0.1) is 11.3 Å². The number of hydrogen-bond donors (Lipinski definition) is 2.